The number of thiazole rings is 1. The number of halogens is 1. The van der Waals surface area contributed by atoms with E-state index in [1.807, 2.05) is 31.2 Å². The molecule has 1 fully saturated rings. The average molecular weight is 323 g/mol. The summed E-state index contributed by atoms with van der Waals surface area (Å²) in [6.45, 7) is 4.06. The quantitative estimate of drug-likeness (QED) is 0.925. The van der Waals surface area contributed by atoms with Gasteiger partial charge in [0.05, 0.1) is 6.10 Å². The molecule has 0 aliphatic carbocycles. The van der Waals surface area contributed by atoms with Crippen LogP contribution in [-0.4, -0.2) is 24.2 Å². The molecule has 1 atom stereocenters. The average Bonchev–Trinajstić information content (AvgIpc) is 2.93. The molecular weight excluding hydrogens is 304 g/mol. The zero-order valence-corrected chi connectivity index (χ0v) is 13.6. The monoisotopic (exact) mass is 322 g/mol. The van der Waals surface area contributed by atoms with Crippen molar-refractivity contribution in [3.63, 3.8) is 0 Å². The maximum Gasteiger partial charge on any atom is 0.134 e. The molecule has 1 unspecified atom stereocenters. The van der Waals surface area contributed by atoms with Gasteiger partial charge in [0.1, 0.15) is 11.1 Å². The van der Waals surface area contributed by atoms with Gasteiger partial charge in [-0.25, -0.2) is 4.98 Å². The Morgan fingerprint density at radius 3 is 2.62 bits per heavy atom. The van der Waals surface area contributed by atoms with Crippen LogP contribution in [0.5, 0.6) is 0 Å². The largest absolute Gasteiger partial charge is 0.363 e. The van der Waals surface area contributed by atoms with Crippen molar-refractivity contribution in [3.8, 4) is 0 Å². The third-order valence-electron chi connectivity index (χ3n) is 3.65. The number of piperidine rings is 1. The summed E-state index contributed by atoms with van der Waals surface area (Å²) in [6.07, 6.45) is 2.29. The van der Waals surface area contributed by atoms with E-state index in [2.05, 4.69) is 15.7 Å². The normalized spacial score (nSPS) is 17.8. The van der Waals surface area contributed by atoms with Crippen LogP contribution in [0.2, 0.25) is 5.02 Å². The Hall–Kier alpha value is -0.940. The maximum absolute atomic E-state index is 6.38. The third-order valence-corrected chi connectivity index (χ3v) is 4.91. The molecule has 1 aromatic carbocycles. The van der Waals surface area contributed by atoms with E-state index in [4.69, 9.17) is 16.3 Å². The third kappa shape index (κ3) is 3.83. The number of hydrogen-bond acceptors (Lipinski definition) is 4. The number of nitrogens with zero attached hydrogens (tertiary/aromatic N) is 1. The van der Waals surface area contributed by atoms with Crippen LogP contribution in [0.4, 0.5) is 0 Å². The number of rotatable bonds is 4. The summed E-state index contributed by atoms with van der Waals surface area (Å²) in [5.74, 6) is 0. The fourth-order valence-electron chi connectivity index (χ4n) is 2.53. The molecule has 21 heavy (non-hydrogen) atoms. The summed E-state index contributed by atoms with van der Waals surface area (Å²) in [4.78, 5) is 4.62. The summed E-state index contributed by atoms with van der Waals surface area (Å²) < 4.78 is 6.38. The number of aromatic nitrogens is 1. The molecule has 0 spiro atoms. The second kappa shape index (κ2) is 6.88. The lowest BCUT2D eigenvalue weighted by Crippen LogP contribution is -2.33. The SMILES string of the molecule is Cc1csc(C(OC2CCNCC2)c2ccc(Cl)cc2)n1. The van der Waals surface area contributed by atoms with Crippen molar-refractivity contribution in [1.29, 1.82) is 0 Å². The predicted octanol–water partition coefficient (Wildman–Crippen LogP) is 3.96. The van der Waals surface area contributed by atoms with E-state index in [0.717, 1.165) is 47.2 Å². The Kier molecular flexibility index (Phi) is 4.91. The van der Waals surface area contributed by atoms with Gasteiger partial charge in [0.2, 0.25) is 0 Å². The van der Waals surface area contributed by atoms with Crippen molar-refractivity contribution in [2.24, 2.45) is 0 Å². The van der Waals surface area contributed by atoms with Gasteiger partial charge in [0.25, 0.3) is 0 Å². The molecule has 0 saturated carbocycles. The first-order valence-electron chi connectivity index (χ1n) is 7.26. The van der Waals surface area contributed by atoms with Crippen LogP contribution >= 0.6 is 22.9 Å². The molecule has 1 N–H and O–H groups in total. The van der Waals surface area contributed by atoms with E-state index in [1.165, 1.54) is 0 Å². The Balaban J connectivity index is 1.84. The molecule has 2 heterocycles. The Morgan fingerprint density at radius 2 is 2.00 bits per heavy atom. The molecule has 3 nitrogen and oxygen atoms in total. The van der Waals surface area contributed by atoms with Gasteiger partial charge < -0.3 is 10.1 Å². The van der Waals surface area contributed by atoms with E-state index in [1.54, 1.807) is 11.3 Å². The molecule has 3 rings (SSSR count). The van der Waals surface area contributed by atoms with Crippen LogP contribution in [0.15, 0.2) is 29.6 Å². The molecule has 112 valence electrons. The Labute approximate surface area is 134 Å². The molecule has 0 amide bonds. The second-order valence-electron chi connectivity index (χ2n) is 5.34. The maximum atomic E-state index is 6.38. The summed E-state index contributed by atoms with van der Waals surface area (Å²) in [7, 11) is 0. The summed E-state index contributed by atoms with van der Waals surface area (Å²) >= 11 is 7.66. The second-order valence-corrected chi connectivity index (χ2v) is 6.67. The predicted molar refractivity (Wildman–Crippen MR) is 87.1 cm³/mol. The van der Waals surface area contributed by atoms with Gasteiger partial charge in [-0.3, -0.25) is 0 Å². The van der Waals surface area contributed by atoms with Crippen molar-refractivity contribution in [1.82, 2.24) is 10.3 Å². The highest BCUT2D eigenvalue weighted by Gasteiger charge is 2.24. The molecule has 0 bridgehead atoms. The highest BCUT2D eigenvalue weighted by atomic mass is 35.5. The molecule has 0 radical (unpaired) electrons. The Morgan fingerprint density at radius 1 is 1.29 bits per heavy atom. The fourth-order valence-corrected chi connectivity index (χ4v) is 3.52. The lowest BCUT2D eigenvalue weighted by molar-refractivity contribution is -0.00817. The number of aryl methyl sites for hydroxylation is 1. The standard InChI is InChI=1S/C16H19ClN2OS/c1-11-10-21-16(19-11)15(12-2-4-13(17)5-3-12)20-14-6-8-18-9-7-14/h2-5,10,14-15,18H,6-9H2,1H3. The minimum atomic E-state index is -0.0935. The van der Waals surface area contributed by atoms with E-state index in [0.29, 0.717) is 0 Å². The molecule has 1 aliphatic rings. The van der Waals surface area contributed by atoms with Gasteiger partial charge in [0, 0.05) is 16.1 Å². The van der Waals surface area contributed by atoms with Crippen molar-refractivity contribution < 1.29 is 4.74 Å². The first kappa shape index (κ1) is 15.0. The van der Waals surface area contributed by atoms with Crippen molar-refractivity contribution in [2.75, 3.05) is 13.1 Å². The number of nitrogens with one attached hydrogen (secondary N) is 1. The van der Waals surface area contributed by atoms with Gasteiger partial charge in [-0.05, 0) is 50.6 Å². The smallest absolute Gasteiger partial charge is 0.134 e. The number of benzene rings is 1. The molecular formula is C16H19ClN2OS. The van der Waals surface area contributed by atoms with Gasteiger partial charge in [-0.1, -0.05) is 23.7 Å². The van der Waals surface area contributed by atoms with E-state index in [-0.39, 0.29) is 12.2 Å². The lowest BCUT2D eigenvalue weighted by atomic mass is 10.1. The first-order valence-corrected chi connectivity index (χ1v) is 8.52. The molecule has 1 aliphatic heterocycles. The van der Waals surface area contributed by atoms with Crippen LogP contribution in [0, 0.1) is 6.92 Å². The van der Waals surface area contributed by atoms with Gasteiger partial charge in [-0.15, -0.1) is 11.3 Å². The van der Waals surface area contributed by atoms with Gasteiger partial charge in [-0.2, -0.15) is 0 Å². The van der Waals surface area contributed by atoms with Crippen LogP contribution in [-0.2, 0) is 4.74 Å². The van der Waals surface area contributed by atoms with E-state index >= 15 is 0 Å². The summed E-state index contributed by atoms with van der Waals surface area (Å²) in [5.41, 5.74) is 2.16. The van der Waals surface area contributed by atoms with Crippen LogP contribution in [0.3, 0.4) is 0 Å². The topological polar surface area (TPSA) is 34.1 Å². The fraction of sp³-hybridized carbons (Fsp3) is 0.438. The highest BCUT2D eigenvalue weighted by molar-refractivity contribution is 7.09. The zero-order chi connectivity index (χ0) is 14.7. The van der Waals surface area contributed by atoms with Crippen LogP contribution in [0.1, 0.15) is 35.2 Å². The lowest BCUT2D eigenvalue weighted by Gasteiger charge is -2.27. The molecule has 5 heteroatoms. The van der Waals surface area contributed by atoms with Gasteiger partial charge in [0.15, 0.2) is 0 Å². The highest BCUT2D eigenvalue weighted by Crippen LogP contribution is 2.32. The summed E-state index contributed by atoms with van der Waals surface area (Å²) in [5, 5.41) is 7.21. The first-order chi connectivity index (χ1) is 10.2. The number of hydrogen-bond donors (Lipinski definition) is 1. The van der Waals surface area contributed by atoms with Crippen LogP contribution in [0.25, 0.3) is 0 Å². The van der Waals surface area contributed by atoms with E-state index in [9.17, 15) is 0 Å². The molecule has 1 aromatic heterocycles. The molecule has 1 saturated heterocycles. The van der Waals surface area contributed by atoms with Crippen molar-refractivity contribution in [2.45, 2.75) is 32.0 Å². The minimum absolute atomic E-state index is 0.0935. The zero-order valence-electron chi connectivity index (χ0n) is 12.0. The van der Waals surface area contributed by atoms with Crippen molar-refractivity contribution >= 4 is 22.9 Å². The van der Waals surface area contributed by atoms with Crippen LogP contribution < -0.4 is 5.32 Å². The number of ether oxygens (including phenoxy) is 1. The summed E-state index contributed by atoms with van der Waals surface area (Å²) in [6, 6.07) is 7.89. The van der Waals surface area contributed by atoms with Crippen molar-refractivity contribution in [3.05, 3.63) is 50.9 Å². The Bertz CT molecular complexity index is 578. The van der Waals surface area contributed by atoms with Gasteiger partial charge >= 0.3 is 0 Å². The minimum Gasteiger partial charge on any atom is -0.363 e. The van der Waals surface area contributed by atoms with E-state index < -0.39 is 0 Å². The molecule has 2 aromatic rings.